The molecule has 0 aromatic carbocycles. The van der Waals surface area contributed by atoms with Crippen molar-refractivity contribution >= 4 is 17.8 Å². The van der Waals surface area contributed by atoms with E-state index in [9.17, 15) is 14.4 Å². The van der Waals surface area contributed by atoms with E-state index in [0.29, 0.717) is 36.5 Å². The van der Waals surface area contributed by atoms with Crippen molar-refractivity contribution in [3.8, 4) is 0 Å². The Hall–Kier alpha value is -2.45. The monoisotopic (exact) mass is 389 g/mol. The third-order valence-corrected chi connectivity index (χ3v) is 5.77. The average molecular weight is 389 g/mol. The first-order valence-electron chi connectivity index (χ1n) is 9.91. The van der Waals surface area contributed by atoms with Gasteiger partial charge in [0, 0.05) is 5.92 Å². The fourth-order valence-corrected chi connectivity index (χ4v) is 4.86. The molecule has 0 unspecified atom stereocenters. The Morgan fingerprint density at radius 3 is 2.71 bits per heavy atom. The van der Waals surface area contributed by atoms with Gasteiger partial charge in [-0.2, -0.15) is 0 Å². The van der Waals surface area contributed by atoms with Crippen LogP contribution in [-0.2, 0) is 16.1 Å². The van der Waals surface area contributed by atoms with Gasteiger partial charge in [-0.1, -0.05) is 20.8 Å². The van der Waals surface area contributed by atoms with Crippen LogP contribution in [0.5, 0.6) is 0 Å². The molecule has 2 N–H and O–H groups in total. The van der Waals surface area contributed by atoms with Crippen molar-refractivity contribution < 1.29 is 18.8 Å². The summed E-state index contributed by atoms with van der Waals surface area (Å²) in [5.74, 6) is 0.859. The van der Waals surface area contributed by atoms with E-state index in [0.717, 1.165) is 24.2 Å². The number of hydrogen-bond donors (Lipinski definition) is 2. The second-order valence-corrected chi connectivity index (χ2v) is 9.34. The number of nitrogens with zero attached hydrogens (tertiary/aromatic N) is 3. The van der Waals surface area contributed by atoms with Crippen molar-refractivity contribution in [2.24, 2.45) is 11.3 Å². The highest BCUT2D eigenvalue weighted by Crippen LogP contribution is 2.46. The molecule has 2 atom stereocenters. The quantitative estimate of drug-likeness (QED) is 0.740. The molecule has 1 saturated heterocycles. The maximum atomic E-state index is 13.0. The highest BCUT2D eigenvalue weighted by molar-refractivity contribution is 6.09. The Morgan fingerprint density at radius 2 is 2.04 bits per heavy atom. The zero-order valence-corrected chi connectivity index (χ0v) is 16.6. The van der Waals surface area contributed by atoms with E-state index < -0.39 is 17.5 Å². The molecule has 0 bridgehead atoms. The van der Waals surface area contributed by atoms with Crippen LogP contribution >= 0.6 is 0 Å². The number of rotatable bonds is 5. The largest absolute Gasteiger partial charge is 0.423 e. The Morgan fingerprint density at radius 1 is 1.29 bits per heavy atom. The number of carbonyl (C=O) groups is 3. The first-order valence-corrected chi connectivity index (χ1v) is 9.91. The molecule has 0 radical (unpaired) electrons. The van der Waals surface area contributed by atoms with Crippen LogP contribution in [-0.4, -0.2) is 45.0 Å². The maximum absolute atomic E-state index is 13.0. The average Bonchev–Trinajstić information content (AvgIpc) is 3.29. The number of nitrogens with one attached hydrogen (secondary N) is 2. The normalized spacial score (nSPS) is 29.2. The van der Waals surface area contributed by atoms with E-state index in [1.165, 1.54) is 0 Å². The predicted molar refractivity (Wildman–Crippen MR) is 97.9 cm³/mol. The molecule has 1 aromatic rings. The molecule has 3 aliphatic rings. The SMILES string of the molecule is C[C@@H]1CC(C)(C)C[C@]2(C1)NC(=O)N(CC(=O)NCc1nnc(C3CC3)o1)C2=O. The van der Waals surface area contributed by atoms with Gasteiger partial charge < -0.3 is 15.1 Å². The summed E-state index contributed by atoms with van der Waals surface area (Å²) in [6, 6.07) is -0.501. The Labute approximate surface area is 163 Å². The summed E-state index contributed by atoms with van der Waals surface area (Å²) < 4.78 is 5.50. The predicted octanol–water partition coefficient (Wildman–Crippen LogP) is 1.70. The summed E-state index contributed by atoms with van der Waals surface area (Å²) >= 11 is 0. The zero-order valence-electron chi connectivity index (χ0n) is 16.6. The summed E-state index contributed by atoms with van der Waals surface area (Å²) in [6.07, 6.45) is 4.30. The van der Waals surface area contributed by atoms with Crippen molar-refractivity contribution in [3.63, 3.8) is 0 Å². The third-order valence-electron chi connectivity index (χ3n) is 5.77. The lowest BCUT2D eigenvalue weighted by atomic mass is 9.64. The zero-order chi connectivity index (χ0) is 20.1. The number of aromatic nitrogens is 2. The van der Waals surface area contributed by atoms with Crippen LogP contribution in [0.3, 0.4) is 0 Å². The summed E-state index contributed by atoms with van der Waals surface area (Å²) in [5.41, 5.74) is -0.944. The molecule has 28 heavy (non-hydrogen) atoms. The van der Waals surface area contributed by atoms with Crippen molar-refractivity contribution in [3.05, 3.63) is 11.8 Å². The van der Waals surface area contributed by atoms with Crippen LogP contribution in [0.4, 0.5) is 4.79 Å². The highest BCUT2D eigenvalue weighted by Gasteiger charge is 2.56. The molecule has 4 rings (SSSR count). The fraction of sp³-hybridized carbons (Fsp3) is 0.737. The highest BCUT2D eigenvalue weighted by atomic mass is 16.4. The van der Waals surface area contributed by atoms with Gasteiger partial charge in [0.05, 0.1) is 6.54 Å². The third kappa shape index (κ3) is 3.62. The topological polar surface area (TPSA) is 117 Å². The molecule has 152 valence electrons. The fourth-order valence-electron chi connectivity index (χ4n) is 4.86. The number of amides is 4. The summed E-state index contributed by atoms with van der Waals surface area (Å²) in [4.78, 5) is 38.8. The standard InChI is InChI=1S/C19H27N5O4/c1-11-6-18(2,3)10-19(7-11)16(26)24(17(27)21-19)9-13(25)20-8-14-22-23-15(28-14)12-4-5-12/h11-12H,4-10H2,1-3H3,(H,20,25)(H,21,27)/t11-,19+/m1/s1. The van der Waals surface area contributed by atoms with E-state index in [1.807, 2.05) is 0 Å². The van der Waals surface area contributed by atoms with E-state index in [4.69, 9.17) is 4.42 Å². The van der Waals surface area contributed by atoms with E-state index in [1.54, 1.807) is 0 Å². The number of imide groups is 1. The van der Waals surface area contributed by atoms with Gasteiger partial charge in [0.1, 0.15) is 12.1 Å². The van der Waals surface area contributed by atoms with Gasteiger partial charge in [-0.3, -0.25) is 14.5 Å². The van der Waals surface area contributed by atoms with E-state index in [2.05, 4.69) is 41.6 Å². The van der Waals surface area contributed by atoms with Crippen LogP contribution < -0.4 is 10.6 Å². The first-order chi connectivity index (χ1) is 13.2. The minimum Gasteiger partial charge on any atom is -0.423 e. The van der Waals surface area contributed by atoms with Gasteiger partial charge in [0.15, 0.2) is 0 Å². The van der Waals surface area contributed by atoms with Crippen molar-refractivity contribution in [2.75, 3.05) is 6.54 Å². The minimum atomic E-state index is -0.899. The Balaban J connectivity index is 1.36. The van der Waals surface area contributed by atoms with Gasteiger partial charge in [0.25, 0.3) is 5.91 Å². The number of carbonyl (C=O) groups excluding carboxylic acids is 3. The van der Waals surface area contributed by atoms with Crippen LogP contribution in [0.2, 0.25) is 0 Å². The van der Waals surface area contributed by atoms with E-state index in [-0.39, 0.29) is 24.4 Å². The molecular formula is C19H27N5O4. The lowest BCUT2D eigenvalue weighted by Gasteiger charge is -2.43. The Kier molecular flexibility index (Phi) is 4.43. The lowest BCUT2D eigenvalue weighted by Crippen LogP contribution is -2.54. The maximum Gasteiger partial charge on any atom is 0.325 e. The van der Waals surface area contributed by atoms with Crippen LogP contribution in [0.15, 0.2) is 4.42 Å². The summed E-state index contributed by atoms with van der Waals surface area (Å²) in [6.45, 7) is 6.08. The molecule has 2 saturated carbocycles. The first kappa shape index (κ1) is 18.9. The summed E-state index contributed by atoms with van der Waals surface area (Å²) in [7, 11) is 0. The molecule has 9 heteroatoms. The number of hydrogen-bond acceptors (Lipinski definition) is 6. The smallest absolute Gasteiger partial charge is 0.325 e. The second-order valence-electron chi connectivity index (χ2n) is 9.34. The van der Waals surface area contributed by atoms with Crippen molar-refractivity contribution in [1.82, 2.24) is 25.7 Å². The molecule has 2 heterocycles. The second kappa shape index (κ2) is 6.56. The van der Waals surface area contributed by atoms with Gasteiger partial charge >= 0.3 is 6.03 Å². The van der Waals surface area contributed by atoms with Gasteiger partial charge in [-0.05, 0) is 43.4 Å². The molecule has 1 aromatic heterocycles. The lowest BCUT2D eigenvalue weighted by molar-refractivity contribution is -0.137. The molecule has 4 amide bonds. The number of urea groups is 1. The molecular weight excluding hydrogens is 362 g/mol. The van der Waals surface area contributed by atoms with Gasteiger partial charge in [-0.15, -0.1) is 10.2 Å². The molecule has 2 aliphatic carbocycles. The summed E-state index contributed by atoms with van der Waals surface area (Å²) in [5, 5.41) is 13.4. The van der Waals surface area contributed by atoms with Crippen LogP contribution in [0, 0.1) is 11.3 Å². The van der Waals surface area contributed by atoms with Crippen molar-refractivity contribution in [2.45, 2.75) is 70.9 Å². The molecule has 1 spiro atoms. The van der Waals surface area contributed by atoms with Crippen LogP contribution in [0.25, 0.3) is 0 Å². The van der Waals surface area contributed by atoms with Crippen molar-refractivity contribution in [1.29, 1.82) is 0 Å². The molecule has 1 aliphatic heterocycles. The molecule has 9 nitrogen and oxygen atoms in total. The van der Waals surface area contributed by atoms with E-state index >= 15 is 0 Å². The minimum absolute atomic E-state index is 0.0455. The molecule has 3 fully saturated rings. The van der Waals surface area contributed by atoms with Gasteiger partial charge in [0.2, 0.25) is 17.7 Å². The van der Waals surface area contributed by atoms with Gasteiger partial charge in [-0.25, -0.2) is 4.79 Å². The van der Waals surface area contributed by atoms with Crippen LogP contribution in [0.1, 0.15) is 70.6 Å². The Bertz CT molecular complexity index is 815.